The molecule has 0 atom stereocenters. The highest BCUT2D eigenvalue weighted by Gasteiger charge is 2.10. The predicted molar refractivity (Wildman–Crippen MR) is 59.6 cm³/mol. The van der Waals surface area contributed by atoms with Crippen LogP contribution in [0.5, 0.6) is 0 Å². The Labute approximate surface area is 95.0 Å². The van der Waals surface area contributed by atoms with Crippen molar-refractivity contribution >= 4 is 0 Å². The van der Waals surface area contributed by atoms with E-state index in [9.17, 15) is 0 Å². The van der Waals surface area contributed by atoms with Crippen molar-refractivity contribution in [1.29, 1.82) is 5.26 Å². The van der Waals surface area contributed by atoms with Crippen molar-refractivity contribution in [1.82, 2.24) is 0 Å². The molecule has 1 aliphatic carbocycles. The van der Waals surface area contributed by atoms with Gasteiger partial charge in [0.1, 0.15) is 18.3 Å². The van der Waals surface area contributed by atoms with Gasteiger partial charge in [-0.15, -0.1) is 0 Å². The third-order valence-electron chi connectivity index (χ3n) is 2.44. The van der Waals surface area contributed by atoms with Crippen LogP contribution in [0.1, 0.15) is 25.7 Å². The number of hydrogen-bond donors (Lipinski definition) is 0. The van der Waals surface area contributed by atoms with Crippen molar-refractivity contribution in [3.05, 3.63) is 47.8 Å². The summed E-state index contributed by atoms with van der Waals surface area (Å²) in [5.41, 5.74) is 1.34. The van der Waals surface area contributed by atoms with E-state index in [4.69, 9.17) is 14.7 Å². The average Bonchev–Trinajstić information content (AvgIpc) is 2.33. The van der Waals surface area contributed by atoms with E-state index in [1.54, 1.807) is 6.26 Å². The van der Waals surface area contributed by atoms with Crippen molar-refractivity contribution in [2.75, 3.05) is 0 Å². The number of allylic oxidation sites excluding steroid dienone is 5. The van der Waals surface area contributed by atoms with Crippen LogP contribution >= 0.6 is 0 Å². The topological polar surface area (TPSA) is 42.2 Å². The normalized spacial score (nSPS) is 18.6. The van der Waals surface area contributed by atoms with Gasteiger partial charge in [-0.05, 0) is 12.8 Å². The van der Waals surface area contributed by atoms with Crippen LogP contribution in [0.2, 0.25) is 0 Å². The quantitative estimate of drug-likeness (QED) is 0.725. The maximum absolute atomic E-state index is 8.48. The second kappa shape index (κ2) is 5.22. The van der Waals surface area contributed by atoms with Crippen LogP contribution in [-0.4, -0.2) is 0 Å². The molecule has 3 heteroatoms. The lowest BCUT2D eigenvalue weighted by atomic mass is 10.0. The molecule has 0 bridgehead atoms. The first-order chi connectivity index (χ1) is 7.88. The van der Waals surface area contributed by atoms with Gasteiger partial charge in [-0.1, -0.05) is 23.8 Å². The first-order valence-corrected chi connectivity index (χ1v) is 5.31. The maximum atomic E-state index is 8.48. The van der Waals surface area contributed by atoms with E-state index in [1.165, 1.54) is 11.8 Å². The summed E-state index contributed by atoms with van der Waals surface area (Å²) in [6, 6.07) is 2.01. The summed E-state index contributed by atoms with van der Waals surface area (Å²) < 4.78 is 10.7. The minimum absolute atomic E-state index is 0.245. The van der Waals surface area contributed by atoms with Gasteiger partial charge in [0.25, 0.3) is 0 Å². The number of nitrogens with zero attached hydrogens (tertiary/aromatic N) is 1. The minimum Gasteiger partial charge on any atom is -0.462 e. The fourth-order valence-electron chi connectivity index (χ4n) is 1.61. The highest BCUT2D eigenvalue weighted by molar-refractivity contribution is 5.22. The van der Waals surface area contributed by atoms with Crippen LogP contribution in [0, 0.1) is 11.3 Å². The first kappa shape index (κ1) is 10.6. The molecule has 2 rings (SSSR count). The van der Waals surface area contributed by atoms with Gasteiger partial charge in [0.05, 0.1) is 12.5 Å². The molecule has 0 saturated carbocycles. The molecule has 3 nitrogen and oxygen atoms in total. The number of rotatable bonds is 3. The van der Waals surface area contributed by atoms with E-state index in [2.05, 4.69) is 18.2 Å². The van der Waals surface area contributed by atoms with Crippen molar-refractivity contribution in [2.45, 2.75) is 25.7 Å². The van der Waals surface area contributed by atoms with Gasteiger partial charge in [0.15, 0.2) is 5.76 Å². The molecule has 0 N–H and O–H groups in total. The highest BCUT2D eigenvalue weighted by atomic mass is 16.5. The van der Waals surface area contributed by atoms with E-state index in [1.807, 2.05) is 6.07 Å². The zero-order valence-electron chi connectivity index (χ0n) is 8.98. The molecule has 0 aromatic rings. The molecular weight excluding hydrogens is 202 g/mol. The fourth-order valence-corrected chi connectivity index (χ4v) is 1.61. The molecule has 0 saturated heterocycles. The molecule has 1 heterocycles. The van der Waals surface area contributed by atoms with Gasteiger partial charge in [-0.2, -0.15) is 5.26 Å². The van der Waals surface area contributed by atoms with Crippen LogP contribution in [0.3, 0.4) is 0 Å². The Kier molecular flexibility index (Phi) is 3.45. The predicted octanol–water partition coefficient (Wildman–Crippen LogP) is 3.30. The Hall–Kier alpha value is -1.95. The molecular formula is C13H13NO2. The van der Waals surface area contributed by atoms with E-state index in [0.29, 0.717) is 5.76 Å². The van der Waals surface area contributed by atoms with Crippen molar-refractivity contribution in [3.8, 4) is 6.07 Å². The zero-order chi connectivity index (χ0) is 11.2. The molecule has 0 aromatic carbocycles. The van der Waals surface area contributed by atoms with Crippen molar-refractivity contribution < 1.29 is 9.47 Å². The van der Waals surface area contributed by atoms with Crippen LogP contribution in [0.15, 0.2) is 47.8 Å². The molecule has 16 heavy (non-hydrogen) atoms. The molecule has 0 fully saturated rings. The molecule has 0 aromatic heterocycles. The lowest BCUT2D eigenvalue weighted by Crippen LogP contribution is -2.00. The van der Waals surface area contributed by atoms with Crippen LogP contribution in [0.25, 0.3) is 0 Å². The zero-order valence-corrected chi connectivity index (χ0v) is 8.98. The number of hydrogen-bond acceptors (Lipinski definition) is 3. The second-order valence-corrected chi connectivity index (χ2v) is 3.71. The summed E-state index contributed by atoms with van der Waals surface area (Å²) in [6.07, 6.45) is 12.6. The third-order valence-corrected chi connectivity index (χ3v) is 2.44. The maximum Gasteiger partial charge on any atom is 0.152 e. The molecule has 0 radical (unpaired) electrons. The lowest BCUT2D eigenvalue weighted by Gasteiger charge is -2.15. The molecule has 2 aliphatic rings. The van der Waals surface area contributed by atoms with Gasteiger partial charge >= 0.3 is 0 Å². The molecule has 0 amide bonds. The summed E-state index contributed by atoms with van der Waals surface area (Å²) in [5, 5.41) is 8.48. The highest BCUT2D eigenvalue weighted by Crippen LogP contribution is 2.24. The van der Waals surface area contributed by atoms with Gasteiger partial charge < -0.3 is 9.47 Å². The summed E-state index contributed by atoms with van der Waals surface area (Å²) in [7, 11) is 0. The Balaban J connectivity index is 1.88. The molecule has 82 valence electrons. The Morgan fingerprint density at radius 2 is 2.06 bits per heavy atom. The van der Waals surface area contributed by atoms with Gasteiger partial charge in [-0.3, -0.25) is 0 Å². The molecule has 0 spiro atoms. The van der Waals surface area contributed by atoms with Gasteiger partial charge in [-0.25, -0.2) is 0 Å². The summed E-state index contributed by atoms with van der Waals surface area (Å²) in [4.78, 5) is 0. The monoisotopic (exact) mass is 215 g/mol. The third kappa shape index (κ3) is 2.77. The van der Waals surface area contributed by atoms with E-state index in [-0.39, 0.29) is 6.42 Å². The number of ether oxygens (including phenoxy) is 2. The summed E-state index contributed by atoms with van der Waals surface area (Å²) in [5.74, 6) is 1.35. The average molecular weight is 215 g/mol. The standard InChI is InChI=1S/C13H13NO2/c14-7-6-12-9-16-13(10-15-12)8-11-4-2-1-3-5-11/h1-2,4,9-10H,3,5-6,8H2. The Morgan fingerprint density at radius 3 is 2.69 bits per heavy atom. The van der Waals surface area contributed by atoms with E-state index < -0.39 is 0 Å². The number of nitriles is 1. The van der Waals surface area contributed by atoms with Gasteiger partial charge in [0, 0.05) is 6.42 Å². The van der Waals surface area contributed by atoms with Crippen molar-refractivity contribution in [3.63, 3.8) is 0 Å². The Bertz CT molecular complexity index is 422. The van der Waals surface area contributed by atoms with Crippen LogP contribution < -0.4 is 0 Å². The van der Waals surface area contributed by atoms with Gasteiger partial charge in [0.2, 0.25) is 0 Å². The second-order valence-electron chi connectivity index (χ2n) is 3.71. The van der Waals surface area contributed by atoms with E-state index >= 15 is 0 Å². The smallest absolute Gasteiger partial charge is 0.152 e. The largest absolute Gasteiger partial charge is 0.462 e. The molecule has 0 unspecified atom stereocenters. The minimum atomic E-state index is 0.245. The van der Waals surface area contributed by atoms with E-state index in [0.717, 1.165) is 25.0 Å². The summed E-state index contributed by atoms with van der Waals surface area (Å²) >= 11 is 0. The Morgan fingerprint density at radius 1 is 1.25 bits per heavy atom. The summed E-state index contributed by atoms with van der Waals surface area (Å²) in [6.45, 7) is 0. The molecule has 1 aliphatic heterocycles. The van der Waals surface area contributed by atoms with Crippen molar-refractivity contribution in [2.24, 2.45) is 0 Å². The SMILES string of the molecule is N#CCC1=COC(CC2=CC=CCC2)=CO1. The van der Waals surface area contributed by atoms with Crippen LogP contribution in [0.4, 0.5) is 0 Å². The van der Waals surface area contributed by atoms with Crippen LogP contribution in [-0.2, 0) is 9.47 Å². The lowest BCUT2D eigenvalue weighted by molar-refractivity contribution is 0.220. The first-order valence-electron chi connectivity index (χ1n) is 5.31. The fraction of sp³-hybridized carbons (Fsp3) is 0.308.